The average Bonchev–Trinajstić information content (AvgIpc) is 2.90. The third kappa shape index (κ3) is 3.08. The molecule has 0 radical (unpaired) electrons. The van der Waals surface area contributed by atoms with E-state index in [1.54, 1.807) is 11.0 Å². The molecule has 5 nitrogen and oxygen atoms in total. The zero-order chi connectivity index (χ0) is 15.7. The molecule has 22 heavy (non-hydrogen) atoms. The topological polar surface area (TPSA) is 80.5 Å². The summed E-state index contributed by atoms with van der Waals surface area (Å²) in [6.07, 6.45) is 7.73. The molecule has 0 aromatic heterocycles. The minimum atomic E-state index is -3.75. The molecule has 3 rings (SSSR count). The van der Waals surface area contributed by atoms with Gasteiger partial charge in [0.15, 0.2) is 0 Å². The number of rotatable bonds is 3. The van der Waals surface area contributed by atoms with Crippen molar-refractivity contribution in [2.45, 2.75) is 43.4 Å². The molecule has 2 aliphatic rings. The quantitative estimate of drug-likeness (QED) is 0.866. The van der Waals surface area contributed by atoms with Crippen LogP contribution in [0, 0.1) is 0 Å². The first-order valence-electron chi connectivity index (χ1n) is 7.59. The molecule has 0 saturated carbocycles. The fourth-order valence-corrected chi connectivity index (χ4v) is 3.68. The number of hydrogen-bond acceptors (Lipinski definition) is 3. The molecule has 2 N–H and O–H groups in total. The van der Waals surface area contributed by atoms with Crippen LogP contribution in [-0.4, -0.2) is 20.9 Å². The average molecular weight is 320 g/mol. The van der Waals surface area contributed by atoms with Crippen LogP contribution in [0.3, 0.4) is 0 Å². The van der Waals surface area contributed by atoms with Crippen molar-refractivity contribution in [3.63, 3.8) is 0 Å². The summed E-state index contributed by atoms with van der Waals surface area (Å²) < 4.78 is 23.0. The van der Waals surface area contributed by atoms with E-state index < -0.39 is 10.0 Å². The van der Waals surface area contributed by atoms with Crippen LogP contribution >= 0.6 is 0 Å². The first-order chi connectivity index (χ1) is 10.4. The maximum atomic E-state index is 12.5. The summed E-state index contributed by atoms with van der Waals surface area (Å²) in [5, 5.41) is 5.18. The van der Waals surface area contributed by atoms with E-state index in [1.165, 1.54) is 24.1 Å². The number of benzene rings is 1. The highest BCUT2D eigenvalue weighted by molar-refractivity contribution is 7.89. The Balaban J connectivity index is 1.83. The van der Waals surface area contributed by atoms with Crippen LogP contribution in [0.5, 0.6) is 0 Å². The lowest BCUT2D eigenvalue weighted by Crippen LogP contribution is -2.29. The molecule has 118 valence electrons. The number of carbonyl (C=O) groups excluding carboxylic acids is 1. The standard InChI is InChI=1S/C16H20N2O3S/c17-22(20,21)14-7-6-13-8-9-18(15(13)11-14)16(19)10-12-4-2-1-3-5-12/h4,6-7,11H,1-3,5,8-10H2,(H2,17,20,21). The summed E-state index contributed by atoms with van der Waals surface area (Å²) in [4.78, 5) is 14.3. The Bertz CT molecular complexity index is 738. The molecule has 1 aromatic carbocycles. The van der Waals surface area contributed by atoms with Crippen LogP contribution in [0.4, 0.5) is 5.69 Å². The lowest BCUT2D eigenvalue weighted by atomic mass is 9.97. The highest BCUT2D eigenvalue weighted by Crippen LogP contribution is 2.32. The monoisotopic (exact) mass is 320 g/mol. The maximum Gasteiger partial charge on any atom is 0.238 e. The molecule has 0 unspecified atom stereocenters. The molecule has 1 aliphatic heterocycles. The van der Waals surface area contributed by atoms with Crippen LogP contribution in [0.1, 0.15) is 37.7 Å². The Labute approximate surface area is 130 Å². The van der Waals surface area contributed by atoms with Crippen LogP contribution in [0.15, 0.2) is 34.7 Å². The van der Waals surface area contributed by atoms with Crippen LogP contribution in [-0.2, 0) is 21.2 Å². The van der Waals surface area contributed by atoms with Gasteiger partial charge in [0.2, 0.25) is 15.9 Å². The van der Waals surface area contributed by atoms with Gasteiger partial charge in [0.05, 0.1) is 4.90 Å². The van der Waals surface area contributed by atoms with Gasteiger partial charge in [-0.25, -0.2) is 13.6 Å². The van der Waals surface area contributed by atoms with Crippen molar-refractivity contribution < 1.29 is 13.2 Å². The van der Waals surface area contributed by atoms with Crippen molar-refractivity contribution in [3.05, 3.63) is 35.4 Å². The van der Waals surface area contributed by atoms with E-state index in [9.17, 15) is 13.2 Å². The lowest BCUT2D eigenvalue weighted by Gasteiger charge is -2.20. The van der Waals surface area contributed by atoms with E-state index in [-0.39, 0.29) is 10.8 Å². The minimum Gasteiger partial charge on any atom is -0.311 e. The van der Waals surface area contributed by atoms with Crippen LogP contribution in [0.25, 0.3) is 0 Å². The summed E-state index contributed by atoms with van der Waals surface area (Å²) in [5.41, 5.74) is 2.89. The number of anilines is 1. The summed E-state index contributed by atoms with van der Waals surface area (Å²) in [7, 11) is -3.75. The zero-order valence-electron chi connectivity index (χ0n) is 12.4. The Morgan fingerprint density at radius 2 is 2.05 bits per heavy atom. The van der Waals surface area contributed by atoms with Gasteiger partial charge in [-0.05, 0) is 49.8 Å². The van der Waals surface area contributed by atoms with E-state index in [0.29, 0.717) is 18.7 Å². The van der Waals surface area contributed by atoms with Crippen molar-refractivity contribution in [2.75, 3.05) is 11.4 Å². The number of hydrogen-bond donors (Lipinski definition) is 1. The van der Waals surface area contributed by atoms with Crippen molar-refractivity contribution >= 4 is 21.6 Å². The highest BCUT2D eigenvalue weighted by Gasteiger charge is 2.26. The molecular formula is C16H20N2O3S. The molecule has 1 aliphatic carbocycles. The zero-order valence-corrected chi connectivity index (χ0v) is 13.2. The molecule has 0 spiro atoms. The molecule has 1 amide bonds. The van der Waals surface area contributed by atoms with E-state index in [1.807, 2.05) is 0 Å². The van der Waals surface area contributed by atoms with Gasteiger partial charge in [-0.15, -0.1) is 0 Å². The summed E-state index contributed by atoms with van der Waals surface area (Å²) in [6, 6.07) is 4.78. The van der Waals surface area contributed by atoms with Crippen molar-refractivity contribution in [3.8, 4) is 0 Å². The van der Waals surface area contributed by atoms with Gasteiger partial charge in [0.25, 0.3) is 0 Å². The predicted octanol–water partition coefficient (Wildman–Crippen LogP) is 2.11. The third-order valence-electron chi connectivity index (χ3n) is 4.35. The second kappa shape index (κ2) is 5.85. The van der Waals surface area contributed by atoms with Crippen molar-refractivity contribution in [1.29, 1.82) is 0 Å². The van der Waals surface area contributed by atoms with E-state index in [4.69, 9.17) is 5.14 Å². The Morgan fingerprint density at radius 3 is 2.73 bits per heavy atom. The largest absolute Gasteiger partial charge is 0.311 e. The van der Waals surface area contributed by atoms with Crippen LogP contribution in [0.2, 0.25) is 0 Å². The number of nitrogens with zero attached hydrogens (tertiary/aromatic N) is 1. The van der Waals surface area contributed by atoms with E-state index >= 15 is 0 Å². The Morgan fingerprint density at radius 1 is 1.23 bits per heavy atom. The Hall–Kier alpha value is -1.66. The normalized spacial score (nSPS) is 18.0. The van der Waals surface area contributed by atoms with Gasteiger partial charge < -0.3 is 4.90 Å². The lowest BCUT2D eigenvalue weighted by molar-refractivity contribution is -0.117. The number of nitrogens with two attached hydrogens (primary N) is 1. The fraction of sp³-hybridized carbons (Fsp3) is 0.438. The van der Waals surface area contributed by atoms with Crippen LogP contribution < -0.4 is 10.0 Å². The van der Waals surface area contributed by atoms with Crippen molar-refractivity contribution in [1.82, 2.24) is 0 Å². The first-order valence-corrected chi connectivity index (χ1v) is 9.14. The molecule has 0 atom stereocenters. The second-order valence-electron chi connectivity index (χ2n) is 5.92. The van der Waals surface area contributed by atoms with Crippen molar-refractivity contribution in [2.24, 2.45) is 5.14 Å². The minimum absolute atomic E-state index is 0.0402. The summed E-state index contributed by atoms with van der Waals surface area (Å²) in [6.45, 7) is 0.607. The van der Waals surface area contributed by atoms with Gasteiger partial charge in [-0.2, -0.15) is 0 Å². The highest BCUT2D eigenvalue weighted by atomic mass is 32.2. The van der Waals surface area contributed by atoms with Gasteiger partial charge in [0.1, 0.15) is 0 Å². The molecule has 0 bridgehead atoms. The fourth-order valence-electron chi connectivity index (χ4n) is 3.15. The van der Waals surface area contributed by atoms with Gasteiger partial charge >= 0.3 is 0 Å². The molecule has 1 heterocycles. The van der Waals surface area contributed by atoms with E-state index in [2.05, 4.69) is 6.08 Å². The number of primary sulfonamides is 1. The van der Waals surface area contributed by atoms with Gasteiger partial charge in [-0.1, -0.05) is 17.7 Å². The SMILES string of the molecule is NS(=O)(=O)c1ccc2c(c1)N(C(=O)CC1=CCCCC1)CC2. The molecule has 6 heteroatoms. The number of fused-ring (bicyclic) bond motifs is 1. The van der Waals surface area contributed by atoms with Gasteiger partial charge in [-0.3, -0.25) is 4.79 Å². The Kier molecular flexibility index (Phi) is 4.06. The maximum absolute atomic E-state index is 12.5. The predicted molar refractivity (Wildman–Crippen MR) is 85.0 cm³/mol. The number of sulfonamides is 1. The molecular weight excluding hydrogens is 300 g/mol. The molecule has 0 saturated heterocycles. The smallest absolute Gasteiger partial charge is 0.238 e. The first kappa shape index (κ1) is 15.2. The molecule has 1 aromatic rings. The number of allylic oxidation sites excluding steroid dienone is 1. The van der Waals surface area contributed by atoms with Gasteiger partial charge in [0, 0.05) is 18.7 Å². The number of amides is 1. The second-order valence-corrected chi connectivity index (χ2v) is 7.48. The molecule has 0 fully saturated rings. The third-order valence-corrected chi connectivity index (χ3v) is 5.26. The van der Waals surface area contributed by atoms with E-state index in [0.717, 1.165) is 31.2 Å². The summed E-state index contributed by atoms with van der Waals surface area (Å²) in [5.74, 6) is 0.0402. The number of carbonyl (C=O) groups is 1. The summed E-state index contributed by atoms with van der Waals surface area (Å²) >= 11 is 0.